The van der Waals surface area contributed by atoms with Crippen LogP contribution in [0.25, 0.3) is 0 Å². The van der Waals surface area contributed by atoms with Crippen molar-refractivity contribution in [1.82, 2.24) is 5.32 Å². The standard InChI is InChI=1S/C15H20BrNO2/c1-10-3-2-4-12(7-5-10)17-15(19)11-6-8-13(16)14(18)9-11/h6,8-10,12,18H,2-5,7H2,1H3,(H,17,19). The molecule has 0 spiro atoms. The highest BCUT2D eigenvalue weighted by Crippen LogP contribution is 2.25. The summed E-state index contributed by atoms with van der Waals surface area (Å²) in [5.41, 5.74) is 0.512. The van der Waals surface area contributed by atoms with Gasteiger partial charge in [0.1, 0.15) is 5.75 Å². The summed E-state index contributed by atoms with van der Waals surface area (Å²) in [5, 5.41) is 12.7. The first-order valence-corrected chi connectivity index (χ1v) is 7.65. The quantitative estimate of drug-likeness (QED) is 0.811. The van der Waals surface area contributed by atoms with Crippen LogP contribution in [0.4, 0.5) is 0 Å². The Morgan fingerprint density at radius 3 is 2.84 bits per heavy atom. The first kappa shape index (κ1) is 14.4. The number of halogens is 1. The number of amides is 1. The Hall–Kier alpha value is -1.03. The van der Waals surface area contributed by atoms with Gasteiger partial charge in [-0.25, -0.2) is 0 Å². The zero-order valence-corrected chi connectivity index (χ0v) is 12.7. The van der Waals surface area contributed by atoms with Gasteiger partial charge in [-0.1, -0.05) is 19.8 Å². The third-order valence-corrected chi connectivity index (χ3v) is 4.47. The molecule has 19 heavy (non-hydrogen) atoms. The van der Waals surface area contributed by atoms with Crippen molar-refractivity contribution in [2.24, 2.45) is 5.92 Å². The molecular formula is C15H20BrNO2. The molecule has 2 unspecified atom stereocenters. The zero-order valence-electron chi connectivity index (χ0n) is 11.2. The molecule has 3 nitrogen and oxygen atoms in total. The van der Waals surface area contributed by atoms with E-state index in [-0.39, 0.29) is 17.7 Å². The molecule has 2 rings (SSSR count). The summed E-state index contributed by atoms with van der Waals surface area (Å²) in [6.07, 6.45) is 5.72. The smallest absolute Gasteiger partial charge is 0.251 e. The third-order valence-electron chi connectivity index (χ3n) is 3.80. The molecule has 2 N–H and O–H groups in total. The minimum Gasteiger partial charge on any atom is -0.507 e. The third kappa shape index (κ3) is 3.96. The van der Waals surface area contributed by atoms with Crippen molar-refractivity contribution < 1.29 is 9.90 Å². The Bertz CT molecular complexity index is 461. The van der Waals surface area contributed by atoms with Crippen molar-refractivity contribution in [1.29, 1.82) is 0 Å². The number of aromatic hydroxyl groups is 1. The molecule has 1 aromatic carbocycles. The van der Waals surface area contributed by atoms with E-state index in [1.807, 2.05) is 0 Å². The molecule has 2 atom stereocenters. The average Bonchev–Trinajstić information content (AvgIpc) is 2.58. The number of hydrogen-bond donors (Lipinski definition) is 2. The topological polar surface area (TPSA) is 49.3 Å². The number of nitrogens with one attached hydrogen (secondary N) is 1. The largest absolute Gasteiger partial charge is 0.507 e. The number of benzene rings is 1. The molecule has 1 saturated carbocycles. The van der Waals surface area contributed by atoms with E-state index in [4.69, 9.17) is 0 Å². The minimum absolute atomic E-state index is 0.0950. The molecule has 0 bridgehead atoms. The Labute approximate surface area is 122 Å². The summed E-state index contributed by atoms with van der Waals surface area (Å²) in [6, 6.07) is 5.18. The molecule has 0 heterocycles. The highest BCUT2D eigenvalue weighted by atomic mass is 79.9. The van der Waals surface area contributed by atoms with Gasteiger partial charge < -0.3 is 10.4 Å². The van der Waals surface area contributed by atoms with E-state index in [1.165, 1.54) is 25.3 Å². The molecule has 1 amide bonds. The fourth-order valence-corrected chi connectivity index (χ4v) is 2.80. The van der Waals surface area contributed by atoms with Gasteiger partial charge in [0.15, 0.2) is 0 Å². The second-order valence-corrected chi connectivity index (χ2v) is 6.30. The molecule has 1 aliphatic rings. The fraction of sp³-hybridized carbons (Fsp3) is 0.533. The molecule has 104 valence electrons. The lowest BCUT2D eigenvalue weighted by atomic mass is 10.0. The predicted octanol–water partition coefficient (Wildman–Crippen LogP) is 3.85. The maximum atomic E-state index is 12.1. The normalized spacial score (nSPS) is 23.7. The fourth-order valence-electron chi connectivity index (χ4n) is 2.55. The van der Waals surface area contributed by atoms with Crippen molar-refractivity contribution in [3.63, 3.8) is 0 Å². The molecule has 0 aliphatic heterocycles. The molecule has 0 saturated heterocycles. The SMILES string of the molecule is CC1CCCC(NC(=O)c2ccc(Br)c(O)c2)CC1. The minimum atomic E-state index is -0.0950. The van der Waals surface area contributed by atoms with E-state index >= 15 is 0 Å². The van der Waals surface area contributed by atoms with E-state index in [9.17, 15) is 9.90 Å². The molecule has 1 aliphatic carbocycles. The second kappa shape index (κ2) is 6.42. The van der Waals surface area contributed by atoms with Crippen LogP contribution in [-0.2, 0) is 0 Å². The molecule has 4 heteroatoms. The molecule has 1 fully saturated rings. The van der Waals surface area contributed by atoms with Crippen LogP contribution in [0.2, 0.25) is 0 Å². The van der Waals surface area contributed by atoms with E-state index < -0.39 is 0 Å². The summed E-state index contributed by atoms with van der Waals surface area (Å²) in [6.45, 7) is 2.27. The predicted molar refractivity (Wildman–Crippen MR) is 79.3 cm³/mol. The van der Waals surface area contributed by atoms with Gasteiger partial charge in [-0.3, -0.25) is 4.79 Å². The number of carbonyl (C=O) groups excluding carboxylic acids is 1. The van der Waals surface area contributed by atoms with E-state index in [2.05, 4.69) is 28.2 Å². The molecular weight excluding hydrogens is 306 g/mol. The van der Waals surface area contributed by atoms with E-state index in [0.717, 1.165) is 18.8 Å². The van der Waals surface area contributed by atoms with Crippen LogP contribution in [0.3, 0.4) is 0 Å². The Morgan fingerprint density at radius 1 is 1.32 bits per heavy atom. The van der Waals surface area contributed by atoms with Crippen LogP contribution >= 0.6 is 15.9 Å². The highest BCUT2D eigenvalue weighted by molar-refractivity contribution is 9.10. The van der Waals surface area contributed by atoms with Gasteiger partial charge in [0.05, 0.1) is 4.47 Å². The Balaban J connectivity index is 1.98. The van der Waals surface area contributed by atoms with Gasteiger partial charge >= 0.3 is 0 Å². The van der Waals surface area contributed by atoms with Gasteiger partial charge in [0.25, 0.3) is 5.91 Å². The van der Waals surface area contributed by atoms with Crippen molar-refractivity contribution in [3.05, 3.63) is 28.2 Å². The number of rotatable bonds is 2. The average molecular weight is 326 g/mol. The number of phenols is 1. The zero-order chi connectivity index (χ0) is 13.8. The summed E-state index contributed by atoms with van der Waals surface area (Å²) in [7, 11) is 0. The van der Waals surface area contributed by atoms with Gasteiger partial charge in [-0.15, -0.1) is 0 Å². The number of hydrogen-bond acceptors (Lipinski definition) is 2. The summed E-state index contributed by atoms with van der Waals surface area (Å²) >= 11 is 3.21. The molecule has 0 aromatic heterocycles. The first-order chi connectivity index (χ1) is 9.06. The van der Waals surface area contributed by atoms with Crippen molar-refractivity contribution in [2.75, 3.05) is 0 Å². The maximum absolute atomic E-state index is 12.1. The Morgan fingerprint density at radius 2 is 2.11 bits per heavy atom. The second-order valence-electron chi connectivity index (χ2n) is 5.45. The molecule has 0 radical (unpaired) electrons. The van der Waals surface area contributed by atoms with Crippen LogP contribution in [0.1, 0.15) is 49.4 Å². The summed E-state index contributed by atoms with van der Waals surface area (Å²) in [4.78, 5) is 12.1. The van der Waals surface area contributed by atoms with Gasteiger partial charge in [0.2, 0.25) is 0 Å². The van der Waals surface area contributed by atoms with E-state index in [1.54, 1.807) is 12.1 Å². The Kier molecular flexibility index (Phi) is 4.86. The van der Waals surface area contributed by atoms with Crippen molar-refractivity contribution in [3.8, 4) is 5.75 Å². The van der Waals surface area contributed by atoms with Crippen LogP contribution in [-0.4, -0.2) is 17.1 Å². The lowest BCUT2D eigenvalue weighted by molar-refractivity contribution is 0.0932. The lowest BCUT2D eigenvalue weighted by Crippen LogP contribution is -2.34. The van der Waals surface area contributed by atoms with Crippen molar-refractivity contribution in [2.45, 2.75) is 45.1 Å². The summed E-state index contributed by atoms with van der Waals surface area (Å²) < 4.78 is 0.604. The number of phenolic OH excluding ortho intramolecular Hbond substituents is 1. The molecule has 1 aromatic rings. The maximum Gasteiger partial charge on any atom is 0.251 e. The highest BCUT2D eigenvalue weighted by Gasteiger charge is 2.18. The lowest BCUT2D eigenvalue weighted by Gasteiger charge is -2.16. The number of carbonyl (C=O) groups is 1. The van der Waals surface area contributed by atoms with Crippen LogP contribution < -0.4 is 5.32 Å². The van der Waals surface area contributed by atoms with Crippen LogP contribution in [0.5, 0.6) is 5.75 Å². The van der Waals surface area contributed by atoms with Gasteiger partial charge in [-0.05, 0) is 59.3 Å². The summed E-state index contributed by atoms with van der Waals surface area (Å²) in [5.74, 6) is 0.767. The van der Waals surface area contributed by atoms with Crippen LogP contribution in [0.15, 0.2) is 22.7 Å². The van der Waals surface area contributed by atoms with Crippen molar-refractivity contribution >= 4 is 21.8 Å². The first-order valence-electron chi connectivity index (χ1n) is 6.85. The van der Waals surface area contributed by atoms with Gasteiger partial charge in [-0.2, -0.15) is 0 Å². The van der Waals surface area contributed by atoms with Crippen LogP contribution in [0, 0.1) is 5.92 Å². The van der Waals surface area contributed by atoms with E-state index in [0.29, 0.717) is 10.0 Å². The van der Waals surface area contributed by atoms with Gasteiger partial charge in [0, 0.05) is 11.6 Å². The monoisotopic (exact) mass is 325 g/mol.